The highest BCUT2D eigenvalue weighted by molar-refractivity contribution is 6.46. The quantitative estimate of drug-likeness (QED) is 0.506. The maximum Gasteiger partial charge on any atom is 0.282 e. The molecule has 0 fully saturated rings. The molecule has 0 unspecified atom stereocenters. The van der Waals surface area contributed by atoms with E-state index in [1.165, 1.54) is 21.3 Å². The molecule has 1 aliphatic rings. The molecular weight excluding hydrogens is 436 g/mol. The Bertz CT molecular complexity index is 1270. The van der Waals surface area contributed by atoms with Gasteiger partial charge in [-0.3, -0.25) is 9.59 Å². The van der Waals surface area contributed by atoms with Crippen LogP contribution >= 0.6 is 0 Å². The number of carbonyl (C=O) groups excluding carboxylic acids is 2. The first-order valence-corrected chi connectivity index (χ1v) is 10.4. The van der Waals surface area contributed by atoms with E-state index in [1.54, 1.807) is 67.8 Å². The fourth-order valence-electron chi connectivity index (χ4n) is 3.75. The molecule has 4 rings (SSSR count). The second-order valence-corrected chi connectivity index (χ2v) is 7.29. The van der Waals surface area contributed by atoms with Gasteiger partial charge in [0.2, 0.25) is 0 Å². The standard InChI is InChI=1S/C26H24N2O6/c1-31-18-11-12-19(21(15-18)33-3)27-24-23(16-10-13-20(32-2)22(14-16)34-4)25(29)28(26(24)30)17-8-6-5-7-9-17/h5-15,27H,1-4H3. The minimum Gasteiger partial charge on any atom is -0.497 e. The molecule has 1 heterocycles. The fourth-order valence-corrected chi connectivity index (χ4v) is 3.75. The Morgan fingerprint density at radius 3 is 2.03 bits per heavy atom. The van der Waals surface area contributed by atoms with Crippen molar-refractivity contribution in [3.63, 3.8) is 0 Å². The zero-order chi connectivity index (χ0) is 24.2. The van der Waals surface area contributed by atoms with Crippen LogP contribution in [0.15, 0.2) is 72.4 Å². The van der Waals surface area contributed by atoms with Crippen molar-refractivity contribution in [2.75, 3.05) is 38.7 Å². The van der Waals surface area contributed by atoms with Crippen LogP contribution in [0.2, 0.25) is 0 Å². The van der Waals surface area contributed by atoms with Crippen LogP contribution < -0.4 is 29.2 Å². The van der Waals surface area contributed by atoms with Crippen molar-refractivity contribution in [1.82, 2.24) is 0 Å². The van der Waals surface area contributed by atoms with Gasteiger partial charge in [0.15, 0.2) is 11.5 Å². The Hall–Kier alpha value is -4.46. The van der Waals surface area contributed by atoms with E-state index in [9.17, 15) is 9.59 Å². The van der Waals surface area contributed by atoms with Crippen LogP contribution in [-0.2, 0) is 9.59 Å². The van der Waals surface area contributed by atoms with E-state index in [4.69, 9.17) is 18.9 Å². The van der Waals surface area contributed by atoms with Gasteiger partial charge in [0, 0.05) is 6.07 Å². The van der Waals surface area contributed by atoms with Gasteiger partial charge in [0.1, 0.15) is 17.2 Å². The third-order valence-corrected chi connectivity index (χ3v) is 5.44. The lowest BCUT2D eigenvalue weighted by molar-refractivity contribution is -0.120. The number of ether oxygens (including phenoxy) is 4. The Labute approximate surface area is 197 Å². The van der Waals surface area contributed by atoms with E-state index >= 15 is 0 Å². The minimum absolute atomic E-state index is 0.115. The Morgan fingerprint density at radius 1 is 0.676 bits per heavy atom. The summed E-state index contributed by atoms with van der Waals surface area (Å²) in [5, 5.41) is 3.12. The van der Waals surface area contributed by atoms with E-state index in [0.717, 1.165) is 4.90 Å². The molecule has 0 aromatic heterocycles. The molecule has 1 aliphatic heterocycles. The summed E-state index contributed by atoms with van der Waals surface area (Å²) in [4.78, 5) is 28.3. The lowest BCUT2D eigenvalue weighted by atomic mass is 10.0. The van der Waals surface area contributed by atoms with E-state index in [1.807, 2.05) is 6.07 Å². The van der Waals surface area contributed by atoms with Crippen LogP contribution in [0.3, 0.4) is 0 Å². The lowest BCUT2D eigenvalue weighted by Crippen LogP contribution is -2.32. The Morgan fingerprint density at radius 2 is 1.38 bits per heavy atom. The maximum absolute atomic E-state index is 13.6. The fraction of sp³-hybridized carbons (Fsp3) is 0.154. The number of benzene rings is 3. The molecule has 2 amide bonds. The van der Waals surface area contributed by atoms with Crippen LogP contribution in [-0.4, -0.2) is 40.3 Å². The predicted octanol–water partition coefficient (Wildman–Crippen LogP) is 4.12. The molecule has 0 atom stereocenters. The number of amides is 2. The average molecular weight is 460 g/mol. The zero-order valence-electron chi connectivity index (χ0n) is 19.2. The van der Waals surface area contributed by atoms with Crippen LogP contribution in [0.1, 0.15) is 5.56 Å². The number of imide groups is 1. The smallest absolute Gasteiger partial charge is 0.282 e. The van der Waals surface area contributed by atoms with E-state index in [2.05, 4.69) is 5.32 Å². The third-order valence-electron chi connectivity index (χ3n) is 5.44. The van der Waals surface area contributed by atoms with Crippen molar-refractivity contribution < 1.29 is 28.5 Å². The molecule has 0 radical (unpaired) electrons. The highest BCUT2D eigenvalue weighted by Gasteiger charge is 2.40. The van der Waals surface area contributed by atoms with Gasteiger partial charge >= 0.3 is 0 Å². The summed E-state index contributed by atoms with van der Waals surface area (Å²) in [7, 11) is 6.11. The van der Waals surface area contributed by atoms with Crippen molar-refractivity contribution >= 4 is 28.8 Å². The molecule has 174 valence electrons. The van der Waals surface area contributed by atoms with E-state index in [0.29, 0.717) is 39.9 Å². The zero-order valence-corrected chi connectivity index (χ0v) is 19.2. The number of hydrogen-bond donors (Lipinski definition) is 1. The summed E-state index contributed by atoms with van der Waals surface area (Å²) in [5.74, 6) is 1.05. The van der Waals surface area contributed by atoms with Crippen LogP contribution in [0.4, 0.5) is 11.4 Å². The third kappa shape index (κ3) is 4.01. The second kappa shape index (κ2) is 9.58. The summed E-state index contributed by atoms with van der Waals surface area (Å²) >= 11 is 0. The first kappa shape index (κ1) is 22.7. The van der Waals surface area contributed by atoms with Gasteiger partial charge in [0.25, 0.3) is 11.8 Å². The molecule has 0 spiro atoms. The average Bonchev–Trinajstić information content (AvgIpc) is 3.13. The topological polar surface area (TPSA) is 86.3 Å². The van der Waals surface area contributed by atoms with E-state index < -0.39 is 11.8 Å². The van der Waals surface area contributed by atoms with Crippen molar-refractivity contribution in [1.29, 1.82) is 0 Å². The van der Waals surface area contributed by atoms with Crippen molar-refractivity contribution in [2.45, 2.75) is 0 Å². The summed E-state index contributed by atoms with van der Waals surface area (Å²) in [6, 6.07) is 19.0. The van der Waals surface area contributed by atoms with Crippen LogP contribution in [0.25, 0.3) is 5.57 Å². The highest BCUT2D eigenvalue weighted by Crippen LogP contribution is 2.39. The summed E-state index contributed by atoms with van der Waals surface area (Å²) in [6.45, 7) is 0. The number of para-hydroxylation sites is 1. The van der Waals surface area contributed by atoms with Gasteiger partial charge in [-0.25, -0.2) is 4.90 Å². The molecule has 0 aliphatic carbocycles. The normalized spacial score (nSPS) is 13.2. The number of hydrogen-bond acceptors (Lipinski definition) is 7. The summed E-state index contributed by atoms with van der Waals surface area (Å²) in [5.41, 5.74) is 1.79. The van der Waals surface area contributed by atoms with Gasteiger partial charge in [-0.2, -0.15) is 0 Å². The Kier molecular flexibility index (Phi) is 6.40. The van der Waals surface area contributed by atoms with Crippen LogP contribution in [0.5, 0.6) is 23.0 Å². The molecule has 0 saturated heterocycles. The van der Waals surface area contributed by atoms with Crippen LogP contribution in [0, 0.1) is 0 Å². The van der Waals surface area contributed by atoms with Crippen molar-refractivity contribution in [3.05, 3.63) is 78.0 Å². The van der Waals surface area contributed by atoms with Gasteiger partial charge in [-0.15, -0.1) is 0 Å². The number of anilines is 2. The molecule has 8 heteroatoms. The number of nitrogens with zero attached hydrogens (tertiary/aromatic N) is 1. The number of rotatable bonds is 8. The summed E-state index contributed by atoms with van der Waals surface area (Å²) in [6.07, 6.45) is 0. The first-order valence-electron chi connectivity index (χ1n) is 10.4. The molecule has 8 nitrogen and oxygen atoms in total. The van der Waals surface area contributed by atoms with Gasteiger partial charge in [-0.05, 0) is 42.0 Å². The molecule has 1 N–H and O–H groups in total. The monoisotopic (exact) mass is 460 g/mol. The molecular formula is C26H24N2O6. The maximum atomic E-state index is 13.6. The molecule has 3 aromatic rings. The van der Waals surface area contributed by atoms with Gasteiger partial charge in [-0.1, -0.05) is 24.3 Å². The lowest BCUT2D eigenvalue weighted by Gasteiger charge is -2.16. The van der Waals surface area contributed by atoms with Gasteiger partial charge in [0.05, 0.1) is 45.4 Å². The Balaban J connectivity index is 1.86. The SMILES string of the molecule is COc1ccc(NC2=C(c3ccc(OC)c(OC)c3)C(=O)N(c3ccccc3)C2=O)c(OC)c1. The summed E-state index contributed by atoms with van der Waals surface area (Å²) < 4.78 is 21.5. The number of carbonyl (C=O) groups is 2. The molecule has 0 saturated carbocycles. The van der Waals surface area contributed by atoms with Crippen molar-refractivity contribution in [3.8, 4) is 23.0 Å². The van der Waals surface area contributed by atoms with E-state index in [-0.39, 0.29) is 11.3 Å². The largest absolute Gasteiger partial charge is 0.497 e. The second-order valence-electron chi connectivity index (χ2n) is 7.29. The number of methoxy groups -OCH3 is 4. The minimum atomic E-state index is -0.487. The predicted molar refractivity (Wildman–Crippen MR) is 129 cm³/mol. The highest BCUT2D eigenvalue weighted by atomic mass is 16.5. The van der Waals surface area contributed by atoms with Crippen molar-refractivity contribution in [2.24, 2.45) is 0 Å². The first-order chi connectivity index (χ1) is 16.5. The number of nitrogens with one attached hydrogen (secondary N) is 1. The molecule has 0 bridgehead atoms. The van der Waals surface area contributed by atoms with Gasteiger partial charge < -0.3 is 24.3 Å². The molecule has 3 aromatic carbocycles. The molecule has 34 heavy (non-hydrogen) atoms.